The van der Waals surface area contributed by atoms with Crippen molar-refractivity contribution in [3.05, 3.63) is 41.2 Å². The molecule has 0 saturated carbocycles. The zero-order valence-corrected chi connectivity index (χ0v) is 13.5. The number of anilines is 1. The van der Waals surface area contributed by atoms with Crippen LogP contribution in [0.5, 0.6) is 0 Å². The Labute approximate surface area is 126 Å². The topological polar surface area (TPSA) is 51.3 Å². The first-order valence-corrected chi connectivity index (χ1v) is 6.93. The lowest BCUT2D eigenvalue weighted by atomic mass is 10.1. The minimum absolute atomic E-state index is 0.186. The number of hydrogen-bond donors (Lipinski definition) is 1. The van der Waals surface area contributed by atoms with E-state index in [-0.39, 0.29) is 5.78 Å². The Morgan fingerprint density at radius 2 is 2.10 bits per heavy atom. The Kier molecular flexibility index (Phi) is 4.06. The molecule has 0 aliphatic rings. The van der Waals surface area contributed by atoms with Crippen LogP contribution in [0.15, 0.2) is 30.0 Å². The number of nitrogens with two attached hydrogens (primary N) is 1. The van der Waals surface area contributed by atoms with Crippen molar-refractivity contribution in [1.29, 1.82) is 0 Å². The third kappa shape index (κ3) is 2.79. The van der Waals surface area contributed by atoms with Crippen LogP contribution in [0, 0.1) is 19.3 Å². The van der Waals surface area contributed by atoms with Gasteiger partial charge >= 0.3 is 0 Å². The van der Waals surface area contributed by atoms with E-state index < -0.39 is 0 Å². The quantitative estimate of drug-likeness (QED) is 0.311. The first-order chi connectivity index (χ1) is 9.85. The van der Waals surface area contributed by atoms with Crippen LogP contribution in [0.2, 0.25) is 0 Å². The van der Waals surface area contributed by atoms with Crippen molar-refractivity contribution in [2.45, 2.75) is 6.92 Å². The van der Waals surface area contributed by atoms with Crippen LogP contribution in [0.25, 0.3) is 10.9 Å². The van der Waals surface area contributed by atoms with Gasteiger partial charge in [-0.15, -0.1) is 6.42 Å². The third-order valence-corrected chi connectivity index (χ3v) is 3.80. The fraction of sp³-hybridized carbons (Fsp3) is 0.188. The molecule has 0 spiro atoms. The molecular weight excluding hydrogens is 281 g/mol. The number of rotatable bonds is 3. The van der Waals surface area contributed by atoms with Crippen LogP contribution < -0.4 is 5.73 Å². The van der Waals surface area contributed by atoms with Crippen molar-refractivity contribution in [3.8, 4) is 12.3 Å². The molecule has 1 aromatic heterocycles. The number of aromatic nitrogens is 1. The molecule has 2 N–H and O–H groups in total. The molecule has 1 atom stereocenters. The lowest BCUT2D eigenvalue weighted by molar-refractivity contribution is 0.103. The van der Waals surface area contributed by atoms with Crippen LogP contribution in [0.4, 0.5) is 5.69 Å². The first-order valence-electron chi connectivity index (χ1n) is 6.41. The number of allylic oxidation sites excluding steroid dienone is 1. The Morgan fingerprint density at radius 1 is 1.43 bits per heavy atom. The van der Waals surface area contributed by atoms with E-state index >= 15 is 0 Å². The second kappa shape index (κ2) is 5.63. The van der Waals surface area contributed by atoms with Crippen LogP contribution >= 0.6 is 9.39 Å². The molecule has 0 radical (unpaired) electrons. The van der Waals surface area contributed by atoms with Crippen molar-refractivity contribution in [3.63, 3.8) is 0 Å². The van der Waals surface area contributed by atoms with E-state index in [9.17, 15) is 4.79 Å². The Balaban J connectivity index is 2.60. The summed E-state index contributed by atoms with van der Waals surface area (Å²) in [4.78, 5) is 14.3. The normalized spacial score (nSPS) is 11.5. The Bertz CT molecular complexity index is 794. The van der Waals surface area contributed by atoms with E-state index in [1.807, 2.05) is 39.2 Å². The van der Waals surface area contributed by atoms with E-state index in [4.69, 9.17) is 12.2 Å². The van der Waals surface area contributed by atoms with Crippen LogP contribution in [0.1, 0.15) is 16.1 Å². The molecule has 0 aliphatic heterocycles. The molecule has 2 aromatic rings. The molecule has 0 amide bonds. The van der Waals surface area contributed by atoms with Crippen LogP contribution in [-0.4, -0.2) is 29.1 Å². The van der Waals surface area contributed by atoms with Gasteiger partial charge < -0.3 is 15.0 Å². The lowest BCUT2D eigenvalue weighted by Crippen LogP contribution is -2.10. The number of terminal acetylenes is 1. The second-order valence-corrected chi connectivity index (χ2v) is 5.66. The van der Waals surface area contributed by atoms with Gasteiger partial charge in [0.25, 0.3) is 0 Å². The van der Waals surface area contributed by atoms with Gasteiger partial charge in [-0.3, -0.25) is 4.79 Å². The minimum atomic E-state index is -0.186. The maximum absolute atomic E-state index is 12.6. The maximum Gasteiger partial charge on any atom is 0.219 e. The zero-order valence-electron chi connectivity index (χ0n) is 12.3. The number of Topliss-reactive ketones (excluding diaryl/α,β-unsaturated/α-hetero) is 1. The number of nitrogens with zero attached hydrogens (tertiary/aromatic N) is 2. The summed E-state index contributed by atoms with van der Waals surface area (Å²) in [5, 5.41) is 0.960. The number of fused-ring (bicyclic) bond motifs is 1. The molecule has 0 fully saturated rings. The van der Waals surface area contributed by atoms with Gasteiger partial charge in [-0.1, -0.05) is 5.92 Å². The predicted octanol–water partition coefficient (Wildman–Crippen LogP) is 2.43. The molecule has 0 aliphatic carbocycles. The summed E-state index contributed by atoms with van der Waals surface area (Å²) in [7, 11) is 6.19. The summed E-state index contributed by atoms with van der Waals surface area (Å²) in [6, 6.07) is 5.66. The summed E-state index contributed by atoms with van der Waals surface area (Å²) in [5.41, 5.74) is 9.33. The summed E-state index contributed by atoms with van der Waals surface area (Å²) in [6.45, 7) is 1.94. The van der Waals surface area contributed by atoms with E-state index in [2.05, 4.69) is 15.3 Å². The van der Waals surface area contributed by atoms with Crippen molar-refractivity contribution < 1.29 is 4.79 Å². The first kappa shape index (κ1) is 15.2. The molecule has 1 unspecified atom stereocenters. The Morgan fingerprint density at radius 3 is 2.67 bits per heavy atom. The molecule has 0 bridgehead atoms. The van der Waals surface area contributed by atoms with Gasteiger partial charge in [0.05, 0.1) is 16.8 Å². The van der Waals surface area contributed by atoms with Crippen LogP contribution in [0.3, 0.4) is 0 Å². The van der Waals surface area contributed by atoms with Crippen molar-refractivity contribution in [2.24, 2.45) is 0 Å². The van der Waals surface area contributed by atoms with Gasteiger partial charge in [-0.05, 0) is 40.1 Å². The summed E-state index contributed by atoms with van der Waals surface area (Å²) in [6.07, 6.45) is 7.09. The molecule has 2 rings (SSSR count). The number of aryl methyl sites for hydroxylation is 1. The molecular formula is C16H18N3OP. The summed E-state index contributed by atoms with van der Waals surface area (Å²) < 4.78 is 1.74. The fourth-order valence-corrected chi connectivity index (χ4v) is 2.55. The van der Waals surface area contributed by atoms with Gasteiger partial charge in [-0.2, -0.15) is 0 Å². The fourth-order valence-electron chi connectivity index (χ4n) is 2.14. The highest BCUT2D eigenvalue weighted by Crippen LogP contribution is 2.28. The van der Waals surface area contributed by atoms with E-state index in [0.717, 1.165) is 16.5 Å². The Hall–Kier alpha value is -2.24. The van der Waals surface area contributed by atoms with Crippen molar-refractivity contribution in [2.75, 3.05) is 19.8 Å². The number of benzene rings is 1. The number of nitrogen functional groups attached to an aromatic ring is 1. The van der Waals surface area contributed by atoms with Crippen molar-refractivity contribution in [1.82, 2.24) is 9.24 Å². The number of carbonyl (C=O) groups excluding carboxylic acids is 1. The number of ketones is 1. The SMILES string of the molecule is C#C/C(=C\N(C)C)C(=O)c1cc2cc(C)c(N)cc2n1P. The predicted molar refractivity (Wildman–Crippen MR) is 91.1 cm³/mol. The molecule has 5 heteroatoms. The average Bonchev–Trinajstić information content (AvgIpc) is 2.73. The van der Waals surface area contributed by atoms with Gasteiger partial charge in [0.1, 0.15) is 0 Å². The lowest BCUT2D eigenvalue weighted by Gasteiger charge is -2.08. The number of hydrogen-bond acceptors (Lipinski definition) is 3. The molecule has 108 valence electrons. The highest BCUT2D eigenvalue weighted by Gasteiger charge is 2.17. The monoisotopic (exact) mass is 299 g/mol. The molecule has 4 nitrogen and oxygen atoms in total. The van der Waals surface area contributed by atoms with E-state index in [0.29, 0.717) is 17.0 Å². The van der Waals surface area contributed by atoms with E-state index in [1.54, 1.807) is 15.4 Å². The molecule has 1 heterocycles. The summed E-state index contributed by atoms with van der Waals surface area (Å²) in [5.74, 6) is 2.26. The second-order valence-electron chi connectivity index (χ2n) is 5.15. The third-order valence-electron chi connectivity index (χ3n) is 3.25. The van der Waals surface area contributed by atoms with Crippen LogP contribution in [-0.2, 0) is 0 Å². The minimum Gasteiger partial charge on any atom is -0.398 e. The maximum atomic E-state index is 12.6. The smallest absolute Gasteiger partial charge is 0.219 e. The van der Waals surface area contributed by atoms with Gasteiger partial charge in [0, 0.05) is 31.4 Å². The molecule has 0 saturated heterocycles. The van der Waals surface area contributed by atoms with Crippen molar-refractivity contribution >= 4 is 31.8 Å². The molecule has 21 heavy (non-hydrogen) atoms. The largest absolute Gasteiger partial charge is 0.398 e. The highest BCUT2D eigenvalue weighted by molar-refractivity contribution is 7.15. The highest BCUT2D eigenvalue weighted by atomic mass is 31.0. The average molecular weight is 299 g/mol. The summed E-state index contributed by atoms with van der Waals surface area (Å²) >= 11 is 0. The molecule has 1 aromatic carbocycles. The standard InChI is InChI=1S/C16H18N3OP/c1-5-11(9-18(3)4)16(20)15-7-12-6-10(2)13(17)8-14(12)19(15)21/h1,6-9H,17,21H2,2-4H3/b11-9+. The van der Waals surface area contributed by atoms with E-state index in [1.165, 1.54) is 0 Å². The zero-order chi connectivity index (χ0) is 15.7. The van der Waals surface area contributed by atoms with Gasteiger partial charge in [0.15, 0.2) is 0 Å². The van der Waals surface area contributed by atoms with Gasteiger partial charge in [0.2, 0.25) is 5.78 Å². The van der Waals surface area contributed by atoms with Gasteiger partial charge in [-0.25, -0.2) is 0 Å². The number of carbonyl (C=O) groups is 1.